The number of unbranched alkanes of at least 4 members (excludes halogenated alkanes) is 1. The zero-order chi connectivity index (χ0) is 27.4. The fourth-order valence-electron chi connectivity index (χ4n) is 3.22. The second kappa shape index (κ2) is 14.0. The highest BCUT2D eigenvalue weighted by Gasteiger charge is 2.23. The van der Waals surface area contributed by atoms with Crippen molar-refractivity contribution in [2.45, 2.75) is 51.7 Å². The predicted molar refractivity (Wildman–Crippen MR) is 133 cm³/mol. The van der Waals surface area contributed by atoms with Gasteiger partial charge in [-0.3, -0.25) is 9.59 Å². The summed E-state index contributed by atoms with van der Waals surface area (Å²) in [5.41, 5.74) is 0.0966. The van der Waals surface area contributed by atoms with Crippen LogP contribution in [0.25, 0.3) is 0 Å². The number of benzene rings is 2. The number of azo groups is 1. The summed E-state index contributed by atoms with van der Waals surface area (Å²) < 4.78 is 38.0. The maximum absolute atomic E-state index is 13.9. The van der Waals surface area contributed by atoms with E-state index in [4.69, 9.17) is 9.47 Å². The minimum Gasteiger partial charge on any atom is -0.480 e. The van der Waals surface area contributed by atoms with Gasteiger partial charge in [0.2, 0.25) is 0 Å². The summed E-state index contributed by atoms with van der Waals surface area (Å²) in [6.45, 7) is 4.90. The summed E-state index contributed by atoms with van der Waals surface area (Å²) in [5, 5.41) is 12.9. The lowest BCUT2D eigenvalue weighted by Crippen LogP contribution is -2.43. The SMILES string of the molecule is CN=Nc1cccc(C(=O)N[C@H](CCCCNC(=O)OC(C)(C)C)C(=O)COc2c(F)cccc2F)c1. The van der Waals surface area contributed by atoms with Crippen molar-refractivity contribution in [3.05, 3.63) is 59.7 Å². The van der Waals surface area contributed by atoms with E-state index in [1.165, 1.54) is 19.2 Å². The van der Waals surface area contributed by atoms with E-state index in [-0.39, 0.29) is 12.0 Å². The van der Waals surface area contributed by atoms with E-state index in [9.17, 15) is 23.2 Å². The number of amides is 2. The topological polar surface area (TPSA) is 118 Å². The van der Waals surface area contributed by atoms with Crippen LogP contribution >= 0.6 is 0 Å². The molecule has 2 aromatic carbocycles. The van der Waals surface area contributed by atoms with Crippen molar-refractivity contribution in [3.63, 3.8) is 0 Å². The lowest BCUT2D eigenvalue weighted by atomic mass is 10.0. The van der Waals surface area contributed by atoms with Crippen LogP contribution in [0.4, 0.5) is 19.3 Å². The van der Waals surface area contributed by atoms with Crippen molar-refractivity contribution in [2.75, 3.05) is 20.2 Å². The highest BCUT2D eigenvalue weighted by molar-refractivity contribution is 5.98. The molecule has 2 rings (SSSR count). The van der Waals surface area contributed by atoms with Gasteiger partial charge in [-0.25, -0.2) is 13.6 Å². The number of nitrogens with zero attached hydrogens (tertiary/aromatic N) is 2. The molecule has 1 atom stereocenters. The molecule has 0 aromatic heterocycles. The van der Waals surface area contributed by atoms with Crippen LogP contribution in [0.15, 0.2) is 52.7 Å². The average molecular weight is 519 g/mol. The zero-order valence-corrected chi connectivity index (χ0v) is 21.3. The molecule has 0 unspecified atom stereocenters. The van der Waals surface area contributed by atoms with Crippen LogP contribution in [0.5, 0.6) is 5.75 Å². The first-order chi connectivity index (χ1) is 17.5. The van der Waals surface area contributed by atoms with E-state index in [1.807, 2.05) is 0 Å². The third-order valence-electron chi connectivity index (χ3n) is 4.88. The Bertz CT molecular complexity index is 1100. The minimum absolute atomic E-state index is 0.206. The number of ketones is 1. The van der Waals surface area contributed by atoms with E-state index in [2.05, 4.69) is 20.9 Å². The van der Waals surface area contributed by atoms with Crippen molar-refractivity contribution in [1.82, 2.24) is 10.6 Å². The van der Waals surface area contributed by atoms with E-state index in [1.54, 1.807) is 39.0 Å². The van der Waals surface area contributed by atoms with Gasteiger partial charge in [-0.05, 0) is 70.4 Å². The zero-order valence-electron chi connectivity index (χ0n) is 21.3. The van der Waals surface area contributed by atoms with Gasteiger partial charge in [0, 0.05) is 19.2 Å². The number of para-hydroxylation sites is 1. The van der Waals surface area contributed by atoms with Crippen LogP contribution in [0.3, 0.4) is 0 Å². The predicted octanol–water partition coefficient (Wildman–Crippen LogP) is 5.12. The molecule has 2 aromatic rings. The molecule has 2 N–H and O–H groups in total. The van der Waals surface area contributed by atoms with E-state index in [0.29, 0.717) is 25.1 Å². The number of rotatable bonds is 12. The third kappa shape index (κ3) is 10.3. The molecule has 0 bridgehead atoms. The maximum Gasteiger partial charge on any atom is 0.407 e. The standard InChI is InChI=1S/C26H32F2N4O5/c1-26(2,3)37-25(35)30-14-6-5-13-21(22(33)16-36-23-19(27)11-8-12-20(23)28)31-24(34)17-9-7-10-18(15-17)32-29-4/h7-12,15,21H,5-6,13-14,16H2,1-4H3,(H,30,35)(H,31,34)/t21-/m1/s1. The number of halogens is 2. The Morgan fingerprint density at radius 1 is 1.03 bits per heavy atom. The van der Waals surface area contributed by atoms with Crippen LogP contribution in [0, 0.1) is 11.6 Å². The number of nitrogens with one attached hydrogen (secondary N) is 2. The monoisotopic (exact) mass is 518 g/mol. The molecule has 37 heavy (non-hydrogen) atoms. The summed E-state index contributed by atoms with van der Waals surface area (Å²) in [4.78, 5) is 37.5. The molecule has 0 aliphatic carbocycles. The number of ether oxygens (including phenoxy) is 2. The largest absolute Gasteiger partial charge is 0.480 e. The van der Waals surface area contributed by atoms with E-state index in [0.717, 1.165) is 12.1 Å². The molecular weight excluding hydrogens is 486 g/mol. The summed E-state index contributed by atoms with van der Waals surface area (Å²) in [6, 6.07) is 8.57. The Kier molecular flexibility index (Phi) is 11.1. The Morgan fingerprint density at radius 3 is 2.35 bits per heavy atom. The van der Waals surface area contributed by atoms with Gasteiger partial charge < -0.3 is 20.1 Å². The number of hydrogen-bond donors (Lipinski definition) is 2. The fourth-order valence-corrected chi connectivity index (χ4v) is 3.22. The van der Waals surface area contributed by atoms with Crippen LogP contribution in [-0.4, -0.2) is 49.6 Å². The van der Waals surface area contributed by atoms with Crippen LogP contribution in [-0.2, 0) is 9.53 Å². The molecule has 200 valence electrons. The quantitative estimate of drug-likeness (QED) is 0.299. The molecule has 0 fully saturated rings. The summed E-state index contributed by atoms with van der Waals surface area (Å²) in [6.07, 6.45) is 0.592. The van der Waals surface area contributed by atoms with Crippen molar-refractivity contribution < 1.29 is 32.6 Å². The molecule has 0 aliphatic rings. The molecule has 0 saturated heterocycles. The lowest BCUT2D eigenvalue weighted by Gasteiger charge is -2.20. The molecule has 0 aliphatic heterocycles. The normalized spacial score (nSPS) is 12.2. The molecule has 0 radical (unpaired) electrons. The summed E-state index contributed by atoms with van der Waals surface area (Å²) >= 11 is 0. The average Bonchev–Trinajstić information content (AvgIpc) is 2.81. The van der Waals surface area contributed by atoms with Gasteiger partial charge in [-0.15, -0.1) is 0 Å². The van der Waals surface area contributed by atoms with E-state index < -0.39 is 53.4 Å². The summed E-state index contributed by atoms with van der Waals surface area (Å²) in [5.74, 6) is -3.65. The van der Waals surface area contributed by atoms with Gasteiger partial charge >= 0.3 is 6.09 Å². The first-order valence-corrected chi connectivity index (χ1v) is 11.8. The molecule has 0 spiro atoms. The highest BCUT2D eigenvalue weighted by atomic mass is 19.1. The van der Waals surface area contributed by atoms with Gasteiger partial charge in [-0.2, -0.15) is 10.2 Å². The van der Waals surface area contributed by atoms with E-state index >= 15 is 0 Å². The Labute approximate surface area is 214 Å². The van der Waals surface area contributed by atoms with Gasteiger partial charge in [0.05, 0.1) is 11.7 Å². The molecule has 2 amide bonds. The van der Waals surface area contributed by atoms with Crippen molar-refractivity contribution in [1.29, 1.82) is 0 Å². The van der Waals surface area contributed by atoms with Crippen LogP contribution in [0.1, 0.15) is 50.4 Å². The minimum atomic E-state index is -1.000. The van der Waals surface area contributed by atoms with Crippen LogP contribution in [0.2, 0.25) is 0 Å². The smallest absolute Gasteiger partial charge is 0.407 e. The molecule has 0 saturated carbocycles. The Hall–Kier alpha value is -3.89. The number of hydrogen-bond acceptors (Lipinski definition) is 7. The Morgan fingerprint density at radius 2 is 1.70 bits per heavy atom. The van der Waals surface area contributed by atoms with Crippen LogP contribution < -0.4 is 15.4 Å². The number of alkyl carbamates (subject to hydrolysis) is 1. The molecular formula is C26H32F2N4O5. The first kappa shape index (κ1) is 29.3. The van der Waals surface area contributed by atoms with Gasteiger partial charge in [-0.1, -0.05) is 12.1 Å². The van der Waals surface area contributed by atoms with Crippen molar-refractivity contribution >= 4 is 23.5 Å². The fraction of sp³-hybridized carbons (Fsp3) is 0.423. The highest BCUT2D eigenvalue weighted by Crippen LogP contribution is 2.21. The summed E-state index contributed by atoms with van der Waals surface area (Å²) in [7, 11) is 1.50. The maximum atomic E-state index is 13.9. The van der Waals surface area contributed by atoms with Gasteiger partial charge in [0.25, 0.3) is 5.91 Å². The number of carbonyl (C=O) groups is 3. The lowest BCUT2D eigenvalue weighted by molar-refractivity contribution is -0.123. The number of carbonyl (C=O) groups excluding carboxylic acids is 3. The second-order valence-electron chi connectivity index (χ2n) is 9.11. The molecule has 11 heteroatoms. The van der Waals surface area contributed by atoms with Crippen molar-refractivity contribution in [2.24, 2.45) is 10.2 Å². The molecule has 0 heterocycles. The van der Waals surface area contributed by atoms with Crippen molar-refractivity contribution in [3.8, 4) is 5.75 Å². The first-order valence-electron chi connectivity index (χ1n) is 11.8. The van der Waals surface area contributed by atoms with Gasteiger partial charge in [0.1, 0.15) is 12.2 Å². The third-order valence-corrected chi connectivity index (χ3v) is 4.88. The second-order valence-corrected chi connectivity index (χ2v) is 9.11. The Balaban J connectivity index is 2.03. The van der Waals surface area contributed by atoms with Gasteiger partial charge in [0.15, 0.2) is 23.2 Å². The number of Topliss-reactive ketones (excluding diaryl/α,β-unsaturated/α-hetero) is 1. The molecule has 9 nitrogen and oxygen atoms in total.